The molecule has 2 atom stereocenters. The van der Waals surface area contributed by atoms with Gasteiger partial charge in [0, 0.05) is 32.0 Å². The molecular formula is C17H31NO2. The molecule has 1 aliphatic heterocycles. The molecule has 20 heavy (non-hydrogen) atoms. The fourth-order valence-electron chi connectivity index (χ4n) is 4.14. The van der Waals surface area contributed by atoms with E-state index in [9.17, 15) is 4.79 Å². The fourth-order valence-corrected chi connectivity index (χ4v) is 4.14. The Morgan fingerprint density at radius 3 is 2.35 bits per heavy atom. The van der Waals surface area contributed by atoms with Crippen LogP contribution in [0.25, 0.3) is 0 Å². The summed E-state index contributed by atoms with van der Waals surface area (Å²) in [7, 11) is 0. The number of ketones is 1. The third-order valence-corrected chi connectivity index (χ3v) is 4.69. The van der Waals surface area contributed by atoms with E-state index in [0.29, 0.717) is 5.78 Å². The zero-order chi connectivity index (χ0) is 15.0. The molecule has 1 saturated heterocycles. The number of carbonyl (C=O) groups excluding carboxylic acids is 1. The Kier molecular flexibility index (Phi) is 4.60. The van der Waals surface area contributed by atoms with E-state index < -0.39 is 0 Å². The van der Waals surface area contributed by atoms with E-state index >= 15 is 0 Å². The van der Waals surface area contributed by atoms with E-state index in [2.05, 4.69) is 39.5 Å². The maximum Gasteiger partial charge on any atom is 0.137 e. The standard InChI is InChI=1S/C17H31NO2/c1-6-13-7-8-15(19)14(9-13)10-18-11-16(2,3)20-17(4,5)12-18/h13-14H,6-12H2,1-5H3. The largest absolute Gasteiger partial charge is 0.367 e. The summed E-state index contributed by atoms with van der Waals surface area (Å²) in [5.74, 6) is 1.48. The Balaban J connectivity index is 1.99. The van der Waals surface area contributed by atoms with E-state index in [1.807, 2.05) is 0 Å². The monoisotopic (exact) mass is 281 g/mol. The number of nitrogens with zero attached hydrogens (tertiary/aromatic N) is 1. The zero-order valence-electron chi connectivity index (χ0n) is 13.9. The van der Waals surface area contributed by atoms with Gasteiger partial charge in [0.2, 0.25) is 0 Å². The molecule has 2 unspecified atom stereocenters. The van der Waals surface area contributed by atoms with E-state index in [1.54, 1.807) is 0 Å². The van der Waals surface area contributed by atoms with Crippen LogP contribution in [0.1, 0.15) is 60.3 Å². The summed E-state index contributed by atoms with van der Waals surface area (Å²) in [5.41, 5.74) is -0.243. The summed E-state index contributed by atoms with van der Waals surface area (Å²) in [6.45, 7) is 13.6. The molecule has 0 bridgehead atoms. The normalized spacial score (nSPS) is 34.1. The molecular weight excluding hydrogens is 250 g/mol. The van der Waals surface area contributed by atoms with Crippen molar-refractivity contribution in [2.24, 2.45) is 11.8 Å². The molecule has 1 saturated carbocycles. The summed E-state index contributed by atoms with van der Waals surface area (Å²) in [6, 6.07) is 0. The summed E-state index contributed by atoms with van der Waals surface area (Å²) < 4.78 is 6.12. The van der Waals surface area contributed by atoms with Crippen LogP contribution in [0.5, 0.6) is 0 Å². The van der Waals surface area contributed by atoms with Crippen molar-refractivity contribution in [2.45, 2.75) is 71.5 Å². The highest BCUT2D eigenvalue weighted by atomic mass is 16.5. The van der Waals surface area contributed by atoms with Crippen LogP contribution in [-0.4, -0.2) is 41.5 Å². The van der Waals surface area contributed by atoms with Gasteiger partial charge in [0.15, 0.2) is 0 Å². The van der Waals surface area contributed by atoms with Gasteiger partial charge in [-0.15, -0.1) is 0 Å². The molecule has 0 aromatic carbocycles. The predicted octanol–water partition coefficient (Wildman–Crippen LogP) is 3.27. The Hall–Kier alpha value is -0.410. The number of carbonyl (C=O) groups is 1. The van der Waals surface area contributed by atoms with Crippen LogP contribution in [0.3, 0.4) is 0 Å². The fraction of sp³-hybridized carbons (Fsp3) is 0.941. The lowest BCUT2D eigenvalue weighted by molar-refractivity contribution is -0.183. The molecule has 0 amide bonds. The first-order chi connectivity index (χ1) is 9.21. The van der Waals surface area contributed by atoms with Crippen LogP contribution >= 0.6 is 0 Å². The predicted molar refractivity (Wildman–Crippen MR) is 81.8 cm³/mol. The molecule has 2 fully saturated rings. The first kappa shape index (κ1) is 16.0. The van der Waals surface area contributed by atoms with Crippen molar-refractivity contribution in [1.82, 2.24) is 4.90 Å². The topological polar surface area (TPSA) is 29.5 Å². The van der Waals surface area contributed by atoms with Gasteiger partial charge in [-0.25, -0.2) is 0 Å². The highest BCUT2D eigenvalue weighted by molar-refractivity contribution is 5.81. The third-order valence-electron chi connectivity index (χ3n) is 4.69. The molecule has 3 nitrogen and oxygen atoms in total. The number of hydrogen-bond acceptors (Lipinski definition) is 3. The lowest BCUT2D eigenvalue weighted by Crippen LogP contribution is -2.58. The number of hydrogen-bond donors (Lipinski definition) is 0. The molecule has 2 rings (SSSR count). The Bertz CT molecular complexity index is 346. The second kappa shape index (κ2) is 5.76. The highest BCUT2D eigenvalue weighted by Gasteiger charge is 2.40. The Morgan fingerprint density at radius 2 is 1.80 bits per heavy atom. The van der Waals surface area contributed by atoms with Gasteiger partial charge in [-0.05, 0) is 46.5 Å². The molecule has 3 heteroatoms. The third kappa shape index (κ3) is 4.05. The van der Waals surface area contributed by atoms with Crippen LogP contribution in [0, 0.1) is 11.8 Å². The van der Waals surface area contributed by atoms with E-state index in [4.69, 9.17) is 4.74 Å². The van der Waals surface area contributed by atoms with Gasteiger partial charge in [0.25, 0.3) is 0 Å². The summed E-state index contributed by atoms with van der Waals surface area (Å²) in [4.78, 5) is 14.6. The van der Waals surface area contributed by atoms with Gasteiger partial charge in [-0.1, -0.05) is 13.3 Å². The maximum atomic E-state index is 12.2. The summed E-state index contributed by atoms with van der Waals surface area (Å²) in [6.07, 6.45) is 4.20. The molecule has 0 aromatic heterocycles. The molecule has 116 valence electrons. The minimum absolute atomic E-state index is 0.121. The highest BCUT2D eigenvalue weighted by Crippen LogP contribution is 2.32. The molecule has 0 N–H and O–H groups in total. The van der Waals surface area contributed by atoms with Gasteiger partial charge in [-0.3, -0.25) is 9.69 Å². The smallest absolute Gasteiger partial charge is 0.137 e. The van der Waals surface area contributed by atoms with Crippen molar-refractivity contribution >= 4 is 5.78 Å². The van der Waals surface area contributed by atoms with Crippen LogP contribution in [0.4, 0.5) is 0 Å². The molecule has 1 aliphatic carbocycles. The summed E-state index contributed by atoms with van der Waals surface area (Å²) >= 11 is 0. The average Bonchev–Trinajstić information content (AvgIpc) is 2.28. The van der Waals surface area contributed by atoms with Gasteiger partial charge in [0.1, 0.15) is 5.78 Å². The van der Waals surface area contributed by atoms with Gasteiger partial charge < -0.3 is 4.74 Å². The van der Waals surface area contributed by atoms with Crippen LogP contribution < -0.4 is 0 Å². The number of rotatable bonds is 3. The van der Waals surface area contributed by atoms with E-state index in [1.165, 1.54) is 6.42 Å². The number of morpholine rings is 1. The number of ether oxygens (including phenoxy) is 1. The Morgan fingerprint density at radius 1 is 1.20 bits per heavy atom. The average molecular weight is 281 g/mol. The van der Waals surface area contributed by atoms with Gasteiger partial charge in [-0.2, -0.15) is 0 Å². The van der Waals surface area contributed by atoms with E-state index in [-0.39, 0.29) is 17.1 Å². The second-order valence-corrected chi connectivity index (χ2v) is 8.00. The molecule has 0 radical (unpaired) electrons. The van der Waals surface area contributed by atoms with E-state index in [0.717, 1.165) is 44.8 Å². The SMILES string of the molecule is CCC1CCC(=O)C(CN2CC(C)(C)OC(C)(C)C2)C1. The van der Waals surface area contributed by atoms with Crippen molar-refractivity contribution in [1.29, 1.82) is 0 Å². The minimum atomic E-state index is -0.121. The first-order valence-corrected chi connectivity index (χ1v) is 8.16. The lowest BCUT2D eigenvalue weighted by atomic mass is 9.79. The van der Waals surface area contributed by atoms with Crippen LogP contribution in [-0.2, 0) is 9.53 Å². The van der Waals surface area contributed by atoms with Crippen molar-refractivity contribution in [2.75, 3.05) is 19.6 Å². The molecule has 1 heterocycles. The second-order valence-electron chi connectivity index (χ2n) is 8.00. The van der Waals surface area contributed by atoms with Crippen molar-refractivity contribution in [3.05, 3.63) is 0 Å². The van der Waals surface area contributed by atoms with Crippen LogP contribution in [0.2, 0.25) is 0 Å². The molecule has 2 aliphatic rings. The zero-order valence-corrected chi connectivity index (χ0v) is 13.9. The number of Topliss-reactive ketones (excluding diaryl/α,β-unsaturated/α-hetero) is 1. The molecule has 0 spiro atoms. The quantitative estimate of drug-likeness (QED) is 0.795. The van der Waals surface area contributed by atoms with Gasteiger partial charge >= 0.3 is 0 Å². The minimum Gasteiger partial charge on any atom is -0.367 e. The summed E-state index contributed by atoms with van der Waals surface area (Å²) in [5, 5.41) is 0. The van der Waals surface area contributed by atoms with Crippen molar-refractivity contribution in [3.8, 4) is 0 Å². The first-order valence-electron chi connectivity index (χ1n) is 8.16. The van der Waals surface area contributed by atoms with Gasteiger partial charge in [0.05, 0.1) is 11.2 Å². The Labute approximate surface area is 124 Å². The van der Waals surface area contributed by atoms with Crippen LogP contribution in [0.15, 0.2) is 0 Å². The molecule has 0 aromatic rings. The van der Waals surface area contributed by atoms with Crippen molar-refractivity contribution in [3.63, 3.8) is 0 Å². The maximum absolute atomic E-state index is 12.2. The van der Waals surface area contributed by atoms with Crippen molar-refractivity contribution < 1.29 is 9.53 Å². The lowest BCUT2D eigenvalue weighted by Gasteiger charge is -2.48.